The highest BCUT2D eigenvalue weighted by molar-refractivity contribution is 5.75. The Balaban J connectivity index is 1.58. The summed E-state index contributed by atoms with van der Waals surface area (Å²) in [5.74, 6) is 1.46. The third-order valence-electron chi connectivity index (χ3n) is 8.13. The highest BCUT2D eigenvalue weighted by Crippen LogP contribution is 2.50. The minimum Gasteiger partial charge on any atom is -0.171 e. The lowest BCUT2D eigenvalue weighted by Crippen LogP contribution is -2.33. The van der Waals surface area contributed by atoms with Crippen molar-refractivity contribution in [1.29, 1.82) is 0 Å². The molecule has 2 aliphatic carbocycles. The van der Waals surface area contributed by atoms with Crippen LogP contribution in [0.2, 0.25) is 0 Å². The fraction of sp³-hybridized carbons (Fsp3) is 0.667. The van der Waals surface area contributed by atoms with Gasteiger partial charge in [0.1, 0.15) is 0 Å². The third-order valence-corrected chi connectivity index (χ3v) is 8.13. The first kappa shape index (κ1) is 26.1. The molecule has 0 amide bonds. The Hall–Kier alpha value is -1.51. The standard InChI is InChI=1S/C30H43F3/c1-2-3-4-5-7-12-25-15-17-28(18-16-25)29(21-10-11-22-30(31,32)33)23-19-27(20-24-29)26-13-8-6-9-14-26/h6,8-9,13-14,19-20,23,25,28H,2-5,7,10-12,15-18,21-22,24H2,1H3/t25-,28-,29?. The van der Waals surface area contributed by atoms with Gasteiger partial charge in [0.15, 0.2) is 0 Å². The van der Waals surface area contributed by atoms with Crippen molar-refractivity contribution in [2.24, 2.45) is 17.3 Å². The smallest absolute Gasteiger partial charge is 0.171 e. The van der Waals surface area contributed by atoms with Crippen molar-refractivity contribution < 1.29 is 13.2 Å². The molecule has 3 heteroatoms. The van der Waals surface area contributed by atoms with E-state index in [-0.39, 0.29) is 11.8 Å². The van der Waals surface area contributed by atoms with E-state index in [1.54, 1.807) is 0 Å². The number of allylic oxidation sites excluding steroid dienone is 4. The lowest BCUT2D eigenvalue weighted by Gasteiger charge is -2.44. The molecular weight excluding hydrogens is 417 g/mol. The van der Waals surface area contributed by atoms with Crippen LogP contribution in [-0.2, 0) is 0 Å². The number of unbranched alkanes of at least 4 members (excludes halogenated alkanes) is 5. The van der Waals surface area contributed by atoms with Crippen molar-refractivity contribution in [2.45, 2.75) is 109 Å². The molecule has 0 aliphatic heterocycles. The van der Waals surface area contributed by atoms with Crippen molar-refractivity contribution in [1.82, 2.24) is 0 Å². The molecule has 33 heavy (non-hydrogen) atoms. The normalized spacial score (nSPS) is 25.8. The zero-order valence-corrected chi connectivity index (χ0v) is 20.5. The zero-order valence-electron chi connectivity index (χ0n) is 20.5. The molecule has 0 N–H and O–H groups in total. The number of alkyl halides is 3. The van der Waals surface area contributed by atoms with Crippen molar-refractivity contribution in [3.8, 4) is 0 Å². The molecule has 1 saturated carbocycles. The van der Waals surface area contributed by atoms with E-state index in [4.69, 9.17) is 0 Å². The lowest BCUT2D eigenvalue weighted by molar-refractivity contribution is -0.135. The molecule has 1 aromatic carbocycles. The van der Waals surface area contributed by atoms with Gasteiger partial charge in [-0.25, -0.2) is 0 Å². The molecule has 0 heterocycles. The number of hydrogen-bond acceptors (Lipinski definition) is 0. The Kier molecular flexibility index (Phi) is 10.1. The maximum absolute atomic E-state index is 12.7. The Morgan fingerprint density at radius 3 is 2.24 bits per heavy atom. The molecule has 1 aromatic rings. The van der Waals surface area contributed by atoms with E-state index in [9.17, 15) is 13.2 Å². The third kappa shape index (κ3) is 8.34. The van der Waals surface area contributed by atoms with Gasteiger partial charge in [0, 0.05) is 6.42 Å². The van der Waals surface area contributed by atoms with Crippen LogP contribution in [0.15, 0.2) is 48.6 Å². The summed E-state index contributed by atoms with van der Waals surface area (Å²) in [6, 6.07) is 10.4. The molecule has 2 aliphatic rings. The Bertz CT molecular complexity index is 738. The Morgan fingerprint density at radius 2 is 1.61 bits per heavy atom. The maximum atomic E-state index is 12.7. The number of benzene rings is 1. The topological polar surface area (TPSA) is 0 Å². The fourth-order valence-electron chi connectivity index (χ4n) is 6.07. The summed E-state index contributed by atoms with van der Waals surface area (Å²) >= 11 is 0. The minimum absolute atomic E-state index is 0.0377. The summed E-state index contributed by atoms with van der Waals surface area (Å²) in [5, 5.41) is 0. The van der Waals surface area contributed by atoms with Crippen LogP contribution >= 0.6 is 0 Å². The molecule has 0 saturated heterocycles. The van der Waals surface area contributed by atoms with Gasteiger partial charge in [0.2, 0.25) is 0 Å². The highest BCUT2D eigenvalue weighted by Gasteiger charge is 2.39. The van der Waals surface area contributed by atoms with E-state index < -0.39 is 12.6 Å². The molecule has 1 unspecified atom stereocenters. The van der Waals surface area contributed by atoms with E-state index >= 15 is 0 Å². The van der Waals surface area contributed by atoms with Crippen LogP contribution in [0, 0.1) is 17.3 Å². The van der Waals surface area contributed by atoms with Gasteiger partial charge >= 0.3 is 6.18 Å². The van der Waals surface area contributed by atoms with Crippen LogP contribution in [0.25, 0.3) is 5.57 Å². The highest BCUT2D eigenvalue weighted by atomic mass is 19.4. The molecule has 0 aromatic heterocycles. The van der Waals surface area contributed by atoms with E-state index in [0.717, 1.165) is 18.8 Å². The maximum Gasteiger partial charge on any atom is 0.389 e. The molecule has 184 valence electrons. The number of hydrogen-bond donors (Lipinski definition) is 0. The van der Waals surface area contributed by atoms with Crippen LogP contribution < -0.4 is 0 Å². The van der Waals surface area contributed by atoms with Crippen LogP contribution in [0.1, 0.15) is 109 Å². The largest absolute Gasteiger partial charge is 0.389 e. The average molecular weight is 461 g/mol. The van der Waals surface area contributed by atoms with Gasteiger partial charge in [0.25, 0.3) is 0 Å². The van der Waals surface area contributed by atoms with Crippen LogP contribution in [0.4, 0.5) is 13.2 Å². The van der Waals surface area contributed by atoms with E-state index in [1.165, 1.54) is 75.3 Å². The summed E-state index contributed by atoms with van der Waals surface area (Å²) in [5.41, 5.74) is 2.52. The van der Waals surface area contributed by atoms with E-state index in [2.05, 4.69) is 49.4 Å². The first-order valence-corrected chi connectivity index (χ1v) is 13.4. The Labute approximate surface area is 199 Å². The first-order chi connectivity index (χ1) is 15.9. The van der Waals surface area contributed by atoms with Crippen molar-refractivity contribution in [2.75, 3.05) is 0 Å². The quantitative estimate of drug-likeness (QED) is 0.272. The zero-order chi connectivity index (χ0) is 23.6. The van der Waals surface area contributed by atoms with Crippen LogP contribution in [0.5, 0.6) is 0 Å². The van der Waals surface area contributed by atoms with E-state index in [0.29, 0.717) is 12.3 Å². The molecule has 0 radical (unpaired) electrons. The second-order valence-electron chi connectivity index (χ2n) is 10.5. The molecule has 0 nitrogen and oxygen atoms in total. The summed E-state index contributed by atoms with van der Waals surface area (Å²) in [4.78, 5) is 0. The summed E-state index contributed by atoms with van der Waals surface area (Å²) < 4.78 is 38.1. The molecule has 0 bridgehead atoms. The number of rotatable bonds is 12. The second kappa shape index (κ2) is 12.8. The summed E-state index contributed by atoms with van der Waals surface area (Å²) in [6.45, 7) is 2.26. The molecule has 3 rings (SSSR count). The van der Waals surface area contributed by atoms with Crippen LogP contribution in [0.3, 0.4) is 0 Å². The summed E-state index contributed by atoms with van der Waals surface area (Å²) in [7, 11) is 0. The van der Waals surface area contributed by atoms with Crippen LogP contribution in [-0.4, -0.2) is 6.18 Å². The predicted octanol–water partition coefficient (Wildman–Crippen LogP) is 10.3. The first-order valence-electron chi connectivity index (χ1n) is 13.4. The van der Waals surface area contributed by atoms with E-state index in [1.807, 2.05) is 6.07 Å². The monoisotopic (exact) mass is 460 g/mol. The van der Waals surface area contributed by atoms with Crippen molar-refractivity contribution >= 4 is 5.57 Å². The molecular formula is C30H43F3. The predicted molar refractivity (Wildman–Crippen MR) is 134 cm³/mol. The van der Waals surface area contributed by atoms with Gasteiger partial charge in [-0.2, -0.15) is 13.2 Å². The molecule has 1 fully saturated rings. The fourth-order valence-corrected chi connectivity index (χ4v) is 6.07. The van der Waals surface area contributed by atoms with Crippen molar-refractivity contribution in [3.63, 3.8) is 0 Å². The second-order valence-corrected chi connectivity index (χ2v) is 10.5. The average Bonchev–Trinajstić information content (AvgIpc) is 2.82. The lowest BCUT2D eigenvalue weighted by atomic mass is 9.61. The minimum atomic E-state index is -4.04. The molecule has 1 atom stereocenters. The van der Waals surface area contributed by atoms with Gasteiger partial charge < -0.3 is 0 Å². The van der Waals surface area contributed by atoms with Gasteiger partial charge in [-0.3, -0.25) is 0 Å². The molecule has 0 spiro atoms. The van der Waals surface area contributed by atoms with Gasteiger partial charge in [0.05, 0.1) is 0 Å². The summed E-state index contributed by atoms with van der Waals surface area (Å²) in [6.07, 6.45) is 18.2. The Morgan fingerprint density at radius 1 is 0.879 bits per heavy atom. The van der Waals surface area contributed by atoms with Gasteiger partial charge in [-0.15, -0.1) is 0 Å². The SMILES string of the molecule is CCCCCCC[C@H]1CC[C@H](C2(CCCCC(F)(F)F)C=CC(c3ccccc3)=CC2)CC1. The van der Waals surface area contributed by atoms with Crippen molar-refractivity contribution in [3.05, 3.63) is 54.1 Å². The van der Waals surface area contributed by atoms with Gasteiger partial charge in [-0.1, -0.05) is 113 Å². The van der Waals surface area contributed by atoms with Gasteiger partial charge in [-0.05, 0) is 60.5 Å². The number of halogens is 3.